The number of nitrogens with zero attached hydrogens (tertiary/aromatic N) is 6. The molecule has 12 nitrogen and oxygen atoms in total. The van der Waals surface area contributed by atoms with Crippen molar-refractivity contribution >= 4 is 21.6 Å². The first-order valence-electron chi connectivity index (χ1n) is 14.1. The number of ether oxygens (including phenoxy) is 2. The fourth-order valence-corrected chi connectivity index (χ4v) is 7.52. The molecule has 6 rings (SSSR count). The molecule has 1 fully saturated rings. The lowest BCUT2D eigenvalue weighted by atomic mass is 9.86. The minimum absolute atomic E-state index is 0.0278. The summed E-state index contributed by atoms with van der Waals surface area (Å²) in [6, 6.07) is 6.09. The van der Waals surface area contributed by atoms with Gasteiger partial charge in [-0.05, 0) is 54.3 Å². The lowest BCUT2D eigenvalue weighted by Gasteiger charge is -2.38. The van der Waals surface area contributed by atoms with Crippen molar-refractivity contribution in [1.82, 2.24) is 28.9 Å². The van der Waals surface area contributed by atoms with Crippen molar-refractivity contribution in [2.24, 2.45) is 0 Å². The van der Waals surface area contributed by atoms with Gasteiger partial charge in [0.05, 0.1) is 26.2 Å². The number of halogens is 3. The standard InChI is InChI=1S/C29H29F3N6O6S/c1-17-21(5-9-38-25(17)35-36-27(38)29(30,31)32)22(13-24(39)40)19-12-20(18(2)34-14-19)15-37-16-28(6-10-43-11-7-28)44-26-23(45(37,41)42)4-3-8-33-26/h3-5,8-9,12,14,22H,6-7,10-11,13,15-16H2,1-2H3,(H,39,40). The predicted molar refractivity (Wildman–Crippen MR) is 151 cm³/mol. The summed E-state index contributed by atoms with van der Waals surface area (Å²) in [7, 11) is -4.08. The van der Waals surface area contributed by atoms with Gasteiger partial charge in [-0.1, -0.05) is 6.07 Å². The van der Waals surface area contributed by atoms with Crippen LogP contribution in [0.4, 0.5) is 13.2 Å². The Morgan fingerprint density at radius 3 is 2.62 bits per heavy atom. The van der Waals surface area contributed by atoms with Crippen molar-refractivity contribution in [3.05, 3.63) is 76.6 Å². The minimum atomic E-state index is -4.73. The number of rotatable bonds is 6. The molecule has 2 aliphatic heterocycles. The molecule has 1 unspecified atom stereocenters. The van der Waals surface area contributed by atoms with Gasteiger partial charge in [0.2, 0.25) is 21.7 Å². The molecule has 45 heavy (non-hydrogen) atoms. The second-order valence-electron chi connectivity index (χ2n) is 11.3. The Labute approximate surface area is 255 Å². The smallest absolute Gasteiger partial charge is 0.452 e. The molecular weight excluding hydrogens is 617 g/mol. The van der Waals surface area contributed by atoms with E-state index in [4.69, 9.17) is 9.47 Å². The zero-order valence-corrected chi connectivity index (χ0v) is 25.1. The van der Waals surface area contributed by atoms with E-state index in [1.807, 2.05) is 0 Å². The number of aryl methyl sites for hydroxylation is 2. The van der Waals surface area contributed by atoms with Crippen molar-refractivity contribution in [1.29, 1.82) is 0 Å². The lowest BCUT2D eigenvalue weighted by molar-refractivity contribution is -0.145. The Balaban J connectivity index is 1.41. The highest BCUT2D eigenvalue weighted by Gasteiger charge is 2.45. The first kappa shape index (κ1) is 30.9. The van der Waals surface area contributed by atoms with Crippen LogP contribution in [0.15, 0.2) is 47.8 Å². The van der Waals surface area contributed by atoms with Crippen LogP contribution in [0.3, 0.4) is 0 Å². The Morgan fingerprint density at radius 1 is 1.16 bits per heavy atom. The first-order valence-corrected chi connectivity index (χ1v) is 15.5. The van der Waals surface area contributed by atoms with Gasteiger partial charge in [0.1, 0.15) is 10.5 Å². The topological polar surface area (TPSA) is 149 Å². The van der Waals surface area contributed by atoms with Crippen molar-refractivity contribution < 1.29 is 41.0 Å². The SMILES string of the molecule is Cc1ncc(C(CC(=O)O)c2ccn3c(C(F)(F)F)nnc3c2C)cc1CN1CC2(CCOCC2)Oc2ncccc2S1(=O)=O. The molecule has 1 N–H and O–H groups in total. The van der Waals surface area contributed by atoms with E-state index in [9.17, 15) is 31.5 Å². The van der Waals surface area contributed by atoms with Crippen molar-refractivity contribution in [2.75, 3.05) is 19.8 Å². The molecule has 16 heteroatoms. The molecule has 0 bridgehead atoms. The Morgan fingerprint density at radius 2 is 1.91 bits per heavy atom. The predicted octanol–water partition coefficient (Wildman–Crippen LogP) is 3.89. The number of fused-ring (bicyclic) bond motifs is 2. The number of aromatic nitrogens is 5. The quantitative estimate of drug-likeness (QED) is 0.327. The van der Waals surface area contributed by atoms with Crippen LogP contribution >= 0.6 is 0 Å². The average molecular weight is 647 g/mol. The molecule has 238 valence electrons. The van der Waals surface area contributed by atoms with Gasteiger partial charge in [-0.25, -0.2) is 13.4 Å². The Hall–Kier alpha value is -4.15. The second-order valence-corrected chi connectivity index (χ2v) is 13.2. The summed E-state index contributed by atoms with van der Waals surface area (Å²) in [4.78, 5) is 20.7. The van der Waals surface area contributed by atoms with E-state index in [2.05, 4.69) is 20.2 Å². The molecule has 2 aliphatic rings. The molecule has 0 aliphatic carbocycles. The van der Waals surface area contributed by atoms with Crippen molar-refractivity contribution in [2.45, 2.75) is 62.2 Å². The van der Waals surface area contributed by atoms with Crippen LogP contribution in [0.1, 0.15) is 59.0 Å². The summed E-state index contributed by atoms with van der Waals surface area (Å²) >= 11 is 0. The van der Waals surface area contributed by atoms with Crippen LogP contribution in [0, 0.1) is 13.8 Å². The van der Waals surface area contributed by atoms with Gasteiger partial charge in [0.15, 0.2) is 5.65 Å². The van der Waals surface area contributed by atoms with Crippen molar-refractivity contribution in [3.8, 4) is 5.88 Å². The monoisotopic (exact) mass is 646 g/mol. The lowest BCUT2D eigenvalue weighted by Crippen LogP contribution is -2.50. The van der Waals surface area contributed by atoms with Gasteiger partial charge in [-0.15, -0.1) is 10.2 Å². The zero-order valence-electron chi connectivity index (χ0n) is 24.3. The number of alkyl halides is 3. The molecule has 4 aromatic heterocycles. The molecule has 0 amide bonds. The summed E-state index contributed by atoms with van der Waals surface area (Å²) in [5.74, 6) is -3.14. The molecule has 0 saturated carbocycles. The number of pyridine rings is 3. The summed E-state index contributed by atoms with van der Waals surface area (Å²) < 4.78 is 82.3. The number of carboxylic acids is 1. The number of aliphatic carboxylic acids is 1. The van der Waals surface area contributed by atoms with E-state index in [-0.39, 0.29) is 29.5 Å². The highest BCUT2D eigenvalue weighted by Crippen LogP contribution is 2.39. The largest absolute Gasteiger partial charge is 0.481 e. The molecule has 0 radical (unpaired) electrons. The summed E-state index contributed by atoms with van der Waals surface area (Å²) in [6.45, 7) is 4.00. The highest BCUT2D eigenvalue weighted by molar-refractivity contribution is 7.89. The van der Waals surface area contributed by atoms with E-state index >= 15 is 0 Å². The van der Waals surface area contributed by atoms with Crippen LogP contribution in [0.25, 0.3) is 5.65 Å². The fourth-order valence-electron chi connectivity index (χ4n) is 5.96. The van der Waals surface area contributed by atoms with Gasteiger partial charge in [0.25, 0.3) is 0 Å². The number of carbonyl (C=O) groups is 1. The maximum atomic E-state index is 14.0. The van der Waals surface area contributed by atoms with Gasteiger partial charge < -0.3 is 14.6 Å². The number of hydrogen-bond donors (Lipinski definition) is 1. The molecule has 1 spiro atoms. The molecule has 4 aromatic rings. The number of carboxylic acid groups (broad SMARTS) is 1. The van der Waals surface area contributed by atoms with Crippen LogP contribution in [-0.4, -0.2) is 73.7 Å². The second kappa shape index (κ2) is 11.3. The maximum absolute atomic E-state index is 14.0. The third kappa shape index (κ3) is 5.73. The summed E-state index contributed by atoms with van der Waals surface area (Å²) in [5.41, 5.74) is 1.34. The Kier molecular flexibility index (Phi) is 7.77. The molecular formula is C29H29F3N6O6S. The van der Waals surface area contributed by atoms with Crippen LogP contribution < -0.4 is 4.74 Å². The average Bonchev–Trinajstić information content (AvgIpc) is 3.41. The number of sulfonamides is 1. The first-order chi connectivity index (χ1) is 21.3. The molecule has 1 atom stereocenters. The zero-order chi connectivity index (χ0) is 32.1. The summed E-state index contributed by atoms with van der Waals surface area (Å²) in [5, 5.41) is 16.8. The normalized spacial score (nSPS) is 18.7. The third-order valence-electron chi connectivity index (χ3n) is 8.37. The Bertz CT molecular complexity index is 1890. The van der Waals surface area contributed by atoms with Gasteiger partial charge in [0, 0.05) is 49.6 Å². The van der Waals surface area contributed by atoms with Crippen LogP contribution in [0.2, 0.25) is 0 Å². The fraction of sp³-hybridized carbons (Fsp3) is 0.414. The molecule has 1 saturated heterocycles. The minimum Gasteiger partial charge on any atom is -0.481 e. The third-order valence-corrected chi connectivity index (χ3v) is 10.2. The van der Waals surface area contributed by atoms with E-state index in [0.29, 0.717) is 54.0 Å². The van der Waals surface area contributed by atoms with Gasteiger partial charge >= 0.3 is 12.1 Å². The maximum Gasteiger partial charge on any atom is 0.452 e. The van der Waals surface area contributed by atoms with Gasteiger partial charge in [-0.3, -0.25) is 14.2 Å². The number of hydrogen-bond acceptors (Lipinski definition) is 9. The molecule has 6 heterocycles. The highest BCUT2D eigenvalue weighted by atomic mass is 32.2. The molecule has 0 aromatic carbocycles. The van der Waals surface area contributed by atoms with E-state index < -0.39 is 45.9 Å². The van der Waals surface area contributed by atoms with E-state index in [1.165, 1.54) is 41.1 Å². The summed E-state index contributed by atoms with van der Waals surface area (Å²) in [6.07, 6.45) is -0.0941. The van der Waals surface area contributed by atoms with E-state index in [0.717, 1.165) is 4.40 Å². The van der Waals surface area contributed by atoms with Crippen LogP contribution in [-0.2, 0) is 32.3 Å². The van der Waals surface area contributed by atoms with Crippen molar-refractivity contribution in [3.63, 3.8) is 0 Å². The van der Waals surface area contributed by atoms with E-state index in [1.54, 1.807) is 19.9 Å². The van der Waals surface area contributed by atoms with Gasteiger partial charge in [-0.2, -0.15) is 17.5 Å². The van der Waals surface area contributed by atoms with Crippen LogP contribution in [0.5, 0.6) is 5.88 Å².